The standard InChI is InChI=1S/C6H14N4/c1-5(2)10-6-8-3-7-4-9-6/h5,7H,3-4H2,1-2H3,(H2,8,9,10). The fraction of sp³-hybridized carbons (Fsp3) is 0.833. The Morgan fingerprint density at radius 1 is 1.60 bits per heavy atom. The number of nitrogens with zero attached hydrogens (tertiary/aromatic N) is 1. The van der Waals surface area contributed by atoms with E-state index >= 15 is 0 Å². The second-order valence-electron chi connectivity index (χ2n) is 2.57. The van der Waals surface area contributed by atoms with Gasteiger partial charge in [-0.1, -0.05) is 0 Å². The fourth-order valence-electron chi connectivity index (χ4n) is 0.763. The van der Waals surface area contributed by atoms with Crippen molar-refractivity contribution in [3.63, 3.8) is 0 Å². The summed E-state index contributed by atoms with van der Waals surface area (Å²) in [6.07, 6.45) is 0. The van der Waals surface area contributed by atoms with Crippen LogP contribution in [0.2, 0.25) is 0 Å². The van der Waals surface area contributed by atoms with Gasteiger partial charge in [-0.05, 0) is 13.8 Å². The predicted molar refractivity (Wildman–Crippen MR) is 41.7 cm³/mol. The summed E-state index contributed by atoms with van der Waals surface area (Å²) in [5, 5.41) is 9.31. The Kier molecular flexibility index (Phi) is 2.50. The molecule has 0 radical (unpaired) electrons. The van der Waals surface area contributed by atoms with Crippen LogP contribution in [0.25, 0.3) is 0 Å². The minimum atomic E-state index is 0.448. The molecule has 0 bridgehead atoms. The highest BCUT2D eigenvalue weighted by Crippen LogP contribution is 1.80. The zero-order valence-electron chi connectivity index (χ0n) is 6.44. The van der Waals surface area contributed by atoms with Crippen LogP contribution in [-0.2, 0) is 0 Å². The molecule has 0 aromatic heterocycles. The number of rotatable bonds is 1. The molecule has 0 spiro atoms. The van der Waals surface area contributed by atoms with E-state index in [0.29, 0.717) is 12.7 Å². The molecule has 58 valence electrons. The van der Waals surface area contributed by atoms with E-state index in [4.69, 9.17) is 0 Å². The quantitative estimate of drug-likeness (QED) is 0.460. The van der Waals surface area contributed by atoms with Gasteiger partial charge in [0.15, 0.2) is 5.96 Å². The minimum absolute atomic E-state index is 0.448. The average Bonchev–Trinajstić information content (AvgIpc) is 1.88. The molecule has 0 amide bonds. The highest BCUT2D eigenvalue weighted by molar-refractivity contribution is 5.80. The molecule has 0 aromatic rings. The third kappa shape index (κ3) is 2.23. The van der Waals surface area contributed by atoms with Crippen LogP contribution >= 0.6 is 0 Å². The number of aliphatic imine (C=N–C) groups is 1. The van der Waals surface area contributed by atoms with Crippen LogP contribution in [0, 0.1) is 0 Å². The molecule has 0 saturated heterocycles. The minimum Gasteiger partial charge on any atom is -0.354 e. The summed E-state index contributed by atoms with van der Waals surface area (Å²) >= 11 is 0. The van der Waals surface area contributed by atoms with Crippen molar-refractivity contribution < 1.29 is 0 Å². The summed E-state index contributed by atoms with van der Waals surface area (Å²) in [7, 11) is 0. The molecule has 0 atom stereocenters. The topological polar surface area (TPSA) is 48.5 Å². The monoisotopic (exact) mass is 142 g/mol. The van der Waals surface area contributed by atoms with Crippen molar-refractivity contribution in [3.8, 4) is 0 Å². The lowest BCUT2D eigenvalue weighted by Crippen LogP contribution is -2.48. The van der Waals surface area contributed by atoms with Gasteiger partial charge in [-0.25, -0.2) is 4.99 Å². The van der Waals surface area contributed by atoms with Crippen molar-refractivity contribution >= 4 is 5.96 Å². The van der Waals surface area contributed by atoms with Crippen molar-refractivity contribution in [3.05, 3.63) is 0 Å². The Balaban J connectivity index is 2.31. The molecule has 4 nitrogen and oxygen atoms in total. The van der Waals surface area contributed by atoms with Gasteiger partial charge < -0.3 is 10.6 Å². The Bertz CT molecular complexity index is 130. The summed E-state index contributed by atoms with van der Waals surface area (Å²) in [6.45, 7) is 5.69. The van der Waals surface area contributed by atoms with Gasteiger partial charge in [0.2, 0.25) is 0 Å². The molecule has 4 heteroatoms. The predicted octanol–water partition coefficient (Wildman–Crippen LogP) is -0.552. The van der Waals surface area contributed by atoms with Gasteiger partial charge >= 0.3 is 0 Å². The van der Waals surface area contributed by atoms with E-state index in [2.05, 4.69) is 34.8 Å². The molecule has 0 unspecified atom stereocenters. The van der Waals surface area contributed by atoms with Crippen LogP contribution < -0.4 is 16.0 Å². The zero-order chi connectivity index (χ0) is 7.40. The molecule has 10 heavy (non-hydrogen) atoms. The SMILES string of the molecule is CC(C)NC1=NCNCN1. The molecule has 1 rings (SSSR count). The molecule has 0 saturated carbocycles. The van der Waals surface area contributed by atoms with Crippen LogP contribution in [0.5, 0.6) is 0 Å². The second kappa shape index (κ2) is 3.41. The van der Waals surface area contributed by atoms with Gasteiger partial charge in [-0.15, -0.1) is 0 Å². The zero-order valence-corrected chi connectivity index (χ0v) is 6.44. The maximum absolute atomic E-state index is 4.15. The molecule has 0 fully saturated rings. The van der Waals surface area contributed by atoms with E-state index in [1.54, 1.807) is 0 Å². The number of hydrogen-bond acceptors (Lipinski definition) is 4. The second-order valence-corrected chi connectivity index (χ2v) is 2.57. The van der Waals surface area contributed by atoms with E-state index in [9.17, 15) is 0 Å². The molecule has 0 aliphatic carbocycles. The first kappa shape index (κ1) is 7.34. The van der Waals surface area contributed by atoms with Crippen molar-refractivity contribution in [2.24, 2.45) is 4.99 Å². The van der Waals surface area contributed by atoms with E-state index < -0.39 is 0 Å². The normalized spacial score (nSPS) is 18.1. The Morgan fingerprint density at radius 3 is 2.90 bits per heavy atom. The summed E-state index contributed by atoms with van der Waals surface area (Å²) in [5.74, 6) is 0.897. The van der Waals surface area contributed by atoms with Crippen LogP contribution in [-0.4, -0.2) is 25.3 Å². The lowest BCUT2D eigenvalue weighted by atomic mass is 10.4. The molecule has 0 aromatic carbocycles. The van der Waals surface area contributed by atoms with Gasteiger partial charge in [0.25, 0.3) is 0 Å². The summed E-state index contributed by atoms with van der Waals surface area (Å²) in [6, 6.07) is 0.448. The number of nitrogens with one attached hydrogen (secondary N) is 3. The van der Waals surface area contributed by atoms with Gasteiger partial charge in [0, 0.05) is 6.04 Å². The summed E-state index contributed by atoms with van der Waals surface area (Å²) in [5.41, 5.74) is 0. The highest BCUT2D eigenvalue weighted by atomic mass is 15.3. The van der Waals surface area contributed by atoms with Crippen molar-refractivity contribution in [1.82, 2.24) is 16.0 Å². The van der Waals surface area contributed by atoms with Gasteiger partial charge in [-0.3, -0.25) is 5.32 Å². The van der Waals surface area contributed by atoms with Crippen molar-refractivity contribution in [2.75, 3.05) is 13.3 Å². The highest BCUT2D eigenvalue weighted by Gasteiger charge is 2.02. The van der Waals surface area contributed by atoms with E-state index in [1.165, 1.54) is 0 Å². The Hall–Kier alpha value is -0.770. The molecule has 1 aliphatic heterocycles. The summed E-state index contributed by atoms with van der Waals surface area (Å²) < 4.78 is 0. The Labute approximate surface area is 61.1 Å². The third-order valence-electron chi connectivity index (χ3n) is 1.16. The number of guanidine groups is 1. The van der Waals surface area contributed by atoms with Crippen molar-refractivity contribution in [1.29, 1.82) is 0 Å². The van der Waals surface area contributed by atoms with E-state index in [-0.39, 0.29) is 0 Å². The maximum atomic E-state index is 4.15. The molecular formula is C6H14N4. The fourth-order valence-corrected chi connectivity index (χ4v) is 0.763. The average molecular weight is 142 g/mol. The van der Waals surface area contributed by atoms with Crippen LogP contribution in [0.3, 0.4) is 0 Å². The first-order chi connectivity index (χ1) is 4.79. The first-order valence-corrected chi connectivity index (χ1v) is 3.54. The third-order valence-corrected chi connectivity index (χ3v) is 1.16. The van der Waals surface area contributed by atoms with Crippen LogP contribution in [0.15, 0.2) is 4.99 Å². The molecule has 1 heterocycles. The number of hydrogen-bond donors (Lipinski definition) is 3. The van der Waals surface area contributed by atoms with Gasteiger partial charge in [-0.2, -0.15) is 0 Å². The lowest BCUT2D eigenvalue weighted by Gasteiger charge is -2.18. The van der Waals surface area contributed by atoms with E-state index in [1.807, 2.05) is 0 Å². The van der Waals surface area contributed by atoms with Crippen LogP contribution in [0.4, 0.5) is 0 Å². The van der Waals surface area contributed by atoms with Crippen molar-refractivity contribution in [2.45, 2.75) is 19.9 Å². The Morgan fingerprint density at radius 2 is 2.40 bits per heavy atom. The van der Waals surface area contributed by atoms with Crippen LogP contribution in [0.1, 0.15) is 13.8 Å². The molecular weight excluding hydrogens is 128 g/mol. The summed E-state index contributed by atoms with van der Waals surface area (Å²) in [4.78, 5) is 4.15. The molecule has 1 aliphatic rings. The van der Waals surface area contributed by atoms with E-state index in [0.717, 1.165) is 12.6 Å². The van der Waals surface area contributed by atoms with Gasteiger partial charge in [0.05, 0.1) is 13.3 Å². The van der Waals surface area contributed by atoms with Gasteiger partial charge in [0.1, 0.15) is 0 Å². The maximum Gasteiger partial charge on any atom is 0.193 e. The smallest absolute Gasteiger partial charge is 0.193 e. The largest absolute Gasteiger partial charge is 0.354 e. The molecule has 3 N–H and O–H groups in total. The lowest BCUT2D eigenvalue weighted by molar-refractivity contribution is 0.605. The first-order valence-electron chi connectivity index (χ1n) is 3.54.